The van der Waals surface area contributed by atoms with E-state index >= 15 is 0 Å². The molecule has 61 heavy (non-hydrogen) atoms. The van der Waals surface area contributed by atoms with Gasteiger partial charge in [-0.3, -0.25) is 0 Å². The van der Waals surface area contributed by atoms with Gasteiger partial charge >= 0.3 is 0 Å². The zero-order valence-electron chi connectivity index (χ0n) is 33.6. The molecule has 11 aromatic rings. The van der Waals surface area contributed by atoms with Crippen LogP contribution in [0, 0.1) is 0 Å². The van der Waals surface area contributed by atoms with Crippen LogP contribution in [0.3, 0.4) is 0 Å². The SMILES string of the molecule is c1ccc(-c2ccc(-c3ccc(N(c4ccc(-c5ccc6ccc7ccc8ccccc8c7c6c5)cc4)c4cccc(-c5ccc(-c6ccccc6)cc5)c4)cc3)cc2)cc1. The predicted octanol–water partition coefficient (Wildman–Crippen LogP) is 17.0. The standard InChI is InChI=1S/C60H41N/c1-3-10-42(11-4-1)44-18-20-46(21-19-44)47-32-36-55(37-33-47)61(57-16-9-15-53(40-57)48-24-22-45(23-25-48)43-12-5-2-6-13-43)56-38-34-49(35-39-56)54-31-28-51-27-30-52-29-26-50-14-7-8-17-58(50)60(52)59(51)41-54/h1-41H. The second-order valence-electron chi connectivity index (χ2n) is 15.8. The molecule has 0 aromatic heterocycles. The van der Waals surface area contributed by atoms with Crippen LogP contribution in [0.1, 0.15) is 0 Å². The van der Waals surface area contributed by atoms with Gasteiger partial charge in [-0.15, -0.1) is 0 Å². The molecule has 0 aliphatic heterocycles. The van der Waals surface area contributed by atoms with Crippen LogP contribution < -0.4 is 4.90 Å². The van der Waals surface area contributed by atoms with Crippen LogP contribution in [0.4, 0.5) is 17.1 Å². The third-order valence-electron chi connectivity index (χ3n) is 12.1. The molecule has 0 saturated carbocycles. The number of benzene rings is 11. The molecule has 0 heterocycles. The fraction of sp³-hybridized carbons (Fsp3) is 0. The molecular weight excluding hydrogens is 735 g/mol. The Morgan fingerprint density at radius 3 is 1.10 bits per heavy atom. The number of nitrogens with zero attached hydrogens (tertiary/aromatic N) is 1. The second kappa shape index (κ2) is 15.6. The molecule has 0 N–H and O–H groups in total. The Balaban J connectivity index is 0.964. The first-order chi connectivity index (χ1) is 30.2. The molecule has 0 aliphatic rings. The zero-order valence-corrected chi connectivity index (χ0v) is 33.6. The summed E-state index contributed by atoms with van der Waals surface area (Å²) in [5, 5.41) is 7.66. The van der Waals surface area contributed by atoms with Crippen molar-refractivity contribution in [3.8, 4) is 55.6 Å². The van der Waals surface area contributed by atoms with Crippen molar-refractivity contribution in [3.05, 3.63) is 249 Å². The van der Waals surface area contributed by atoms with E-state index in [4.69, 9.17) is 0 Å². The van der Waals surface area contributed by atoms with Gasteiger partial charge < -0.3 is 4.90 Å². The first kappa shape index (κ1) is 36.1. The quantitative estimate of drug-likeness (QED) is 0.139. The van der Waals surface area contributed by atoms with Crippen molar-refractivity contribution in [1.82, 2.24) is 0 Å². The van der Waals surface area contributed by atoms with Crippen LogP contribution in [0.5, 0.6) is 0 Å². The van der Waals surface area contributed by atoms with Crippen LogP contribution in [0.15, 0.2) is 249 Å². The molecule has 0 atom stereocenters. The number of fused-ring (bicyclic) bond motifs is 5. The fourth-order valence-electron chi connectivity index (χ4n) is 8.85. The highest BCUT2D eigenvalue weighted by atomic mass is 15.1. The van der Waals surface area contributed by atoms with Gasteiger partial charge in [-0.1, -0.05) is 206 Å². The first-order valence-corrected chi connectivity index (χ1v) is 21.0. The molecule has 1 heteroatoms. The first-order valence-electron chi connectivity index (χ1n) is 21.0. The van der Waals surface area contributed by atoms with Gasteiger partial charge in [0.25, 0.3) is 0 Å². The maximum Gasteiger partial charge on any atom is 0.0467 e. The summed E-state index contributed by atoms with van der Waals surface area (Å²) in [6.45, 7) is 0. The number of hydrogen-bond acceptors (Lipinski definition) is 1. The van der Waals surface area contributed by atoms with E-state index in [0.29, 0.717) is 0 Å². The fourth-order valence-corrected chi connectivity index (χ4v) is 8.85. The third-order valence-corrected chi connectivity index (χ3v) is 12.1. The summed E-state index contributed by atoms with van der Waals surface area (Å²) in [4.78, 5) is 2.37. The average molecular weight is 776 g/mol. The molecule has 0 saturated heterocycles. The van der Waals surface area contributed by atoms with Gasteiger partial charge in [0, 0.05) is 17.1 Å². The van der Waals surface area contributed by atoms with E-state index in [0.717, 1.165) is 17.1 Å². The highest BCUT2D eigenvalue weighted by Gasteiger charge is 2.15. The lowest BCUT2D eigenvalue weighted by Gasteiger charge is -2.26. The maximum atomic E-state index is 2.37. The number of rotatable bonds is 8. The Hall–Kier alpha value is -8.00. The van der Waals surface area contributed by atoms with Gasteiger partial charge in [0.05, 0.1) is 0 Å². The van der Waals surface area contributed by atoms with Crippen molar-refractivity contribution < 1.29 is 0 Å². The Kier molecular flexibility index (Phi) is 9.26. The third kappa shape index (κ3) is 7.03. The average Bonchev–Trinajstić information content (AvgIpc) is 3.35. The van der Waals surface area contributed by atoms with Crippen LogP contribution in [0.25, 0.3) is 88.0 Å². The van der Waals surface area contributed by atoms with Crippen LogP contribution in [-0.2, 0) is 0 Å². The summed E-state index contributed by atoms with van der Waals surface area (Å²) >= 11 is 0. The molecule has 0 amide bonds. The molecule has 0 spiro atoms. The lowest BCUT2D eigenvalue weighted by Crippen LogP contribution is -2.10. The molecule has 0 fully saturated rings. The molecule has 286 valence electrons. The van der Waals surface area contributed by atoms with E-state index in [9.17, 15) is 0 Å². The Labute approximate surface area is 357 Å². The highest BCUT2D eigenvalue weighted by Crippen LogP contribution is 2.40. The molecule has 0 aliphatic carbocycles. The lowest BCUT2D eigenvalue weighted by atomic mass is 9.94. The van der Waals surface area contributed by atoms with Crippen molar-refractivity contribution in [2.24, 2.45) is 0 Å². The summed E-state index contributed by atoms with van der Waals surface area (Å²) in [6, 6.07) is 90.4. The van der Waals surface area contributed by atoms with Crippen LogP contribution >= 0.6 is 0 Å². The summed E-state index contributed by atoms with van der Waals surface area (Å²) in [7, 11) is 0. The van der Waals surface area contributed by atoms with Gasteiger partial charge in [-0.05, 0) is 130 Å². The minimum absolute atomic E-state index is 1.09. The summed E-state index contributed by atoms with van der Waals surface area (Å²) < 4.78 is 0. The van der Waals surface area contributed by atoms with Gasteiger partial charge in [0.1, 0.15) is 0 Å². The molecule has 0 bridgehead atoms. The Bertz CT molecular complexity index is 3290. The van der Waals surface area contributed by atoms with E-state index in [2.05, 4.69) is 254 Å². The van der Waals surface area contributed by atoms with Crippen molar-refractivity contribution >= 4 is 49.4 Å². The van der Waals surface area contributed by atoms with Gasteiger partial charge in [0.15, 0.2) is 0 Å². The molecule has 1 nitrogen and oxygen atoms in total. The minimum Gasteiger partial charge on any atom is -0.310 e. The smallest absolute Gasteiger partial charge is 0.0467 e. The minimum atomic E-state index is 1.09. The van der Waals surface area contributed by atoms with Crippen LogP contribution in [-0.4, -0.2) is 0 Å². The zero-order chi connectivity index (χ0) is 40.5. The lowest BCUT2D eigenvalue weighted by molar-refractivity contribution is 1.28. The maximum absolute atomic E-state index is 2.37. The monoisotopic (exact) mass is 775 g/mol. The van der Waals surface area contributed by atoms with Crippen LogP contribution in [0.2, 0.25) is 0 Å². The van der Waals surface area contributed by atoms with E-state index in [1.54, 1.807) is 0 Å². The van der Waals surface area contributed by atoms with E-state index in [1.807, 2.05) is 0 Å². The Morgan fingerprint density at radius 2 is 0.557 bits per heavy atom. The van der Waals surface area contributed by atoms with Gasteiger partial charge in [0.2, 0.25) is 0 Å². The molecule has 0 unspecified atom stereocenters. The summed E-state index contributed by atoms with van der Waals surface area (Å²) in [5.41, 5.74) is 15.3. The summed E-state index contributed by atoms with van der Waals surface area (Å²) in [6.07, 6.45) is 0. The highest BCUT2D eigenvalue weighted by molar-refractivity contribution is 6.20. The molecule has 11 rings (SSSR count). The van der Waals surface area contributed by atoms with E-state index < -0.39 is 0 Å². The van der Waals surface area contributed by atoms with Gasteiger partial charge in [-0.25, -0.2) is 0 Å². The van der Waals surface area contributed by atoms with Crippen molar-refractivity contribution in [1.29, 1.82) is 0 Å². The normalized spacial score (nSPS) is 11.3. The molecule has 11 aromatic carbocycles. The van der Waals surface area contributed by atoms with Crippen molar-refractivity contribution in [3.63, 3.8) is 0 Å². The van der Waals surface area contributed by atoms with Gasteiger partial charge in [-0.2, -0.15) is 0 Å². The topological polar surface area (TPSA) is 3.24 Å². The number of hydrogen-bond donors (Lipinski definition) is 0. The Morgan fingerprint density at radius 1 is 0.197 bits per heavy atom. The van der Waals surface area contributed by atoms with Crippen molar-refractivity contribution in [2.75, 3.05) is 4.90 Å². The predicted molar refractivity (Wildman–Crippen MR) is 261 cm³/mol. The molecular formula is C60H41N. The summed E-state index contributed by atoms with van der Waals surface area (Å²) in [5.74, 6) is 0. The van der Waals surface area contributed by atoms with E-state index in [1.165, 1.54) is 88.0 Å². The van der Waals surface area contributed by atoms with Crippen molar-refractivity contribution in [2.45, 2.75) is 0 Å². The second-order valence-corrected chi connectivity index (χ2v) is 15.8. The largest absolute Gasteiger partial charge is 0.310 e. The van der Waals surface area contributed by atoms with E-state index in [-0.39, 0.29) is 0 Å². The number of anilines is 3. The molecule has 0 radical (unpaired) electrons.